The lowest BCUT2D eigenvalue weighted by Gasteiger charge is -2.22. The van der Waals surface area contributed by atoms with Crippen molar-refractivity contribution < 1.29 is 4.42 Å². The predicted octanol–water partition coefficient (Wildman–Crippen LogP) is 11.1. The maximum absolute atomic E-state index is 6.84. The summed E-state index contributed by atoms with van der Waals surface area (Å²) in [6.45, 7) is 13.8. The zero-order valence-electron chi connectivity index (χ0n) is 25.7. The van der Waals surface area contributed by atoms with Gasteiger partial charge in [-0.2, -0.15) is 0 Å². The topological polar surface area (TPSA) is 31.0 Å². The lowest BCUT2D eigenvalue weighted by molar-refractivity contribution is 0.658. The molecule has 0 spiro atoms. The third-order valence-corrected chi connectivity index (χ3v) is 9.57. The Morgan fingerprint density at radius 3 is 2.09 bits per heavy atom. The average molecular weight is 561 g/mol. The van der Waals surface area contributed by atoms with E-state index in [0.29, 0.717) is 11.8 Å². The first-order chi connectivity index (χ1) is 20.8. The average Bonchev–Trinajstić information content (AvgIpc) is 3.64. The van der Waals surface area contributed by atoms with Crippen LogP contribution in [0.5, 0.6) is 0 Å². The van der Waals surface area contributed by atoms with E-state index in [1.54, 1.807) is 0 Å². The van der Waals surface area contributed by atoms with Gasteiger partial charge in [-0.1, -0.05) is 108 Å². The van der Waals surface area contributed by atoms with E-state index in [0.717, 1.165) is 44.4 Å². The predicted molar refractivity (Wildman–Crippen MR) is 180 cm³/mol. The summed E-state index contributed by atoms with van der Waals surface area (Å²) in [5.74, 6) is 1.63. The van der Waals surface area contributed by atoms with Crippen LogP contribution in [0.3, 0.4) is 0 Å². The number of nitrogens with zero attached hydrogens (tertiary/aromatic N) is 2. The molecule has 43 heavy (non-hydrogen) atoms. The Balaban J connectivity index is 1.45. The van der Waals surface area contributed by atoms with E-state index < -0.39 is 0 Å². The van der Waals surface area contributed by atoms with Gasteiger partial charge >= 0.3 is 0 Å². The lowest BCUT2D eigenvalue weighted by Crippen LogP contribution is -2.14. The summed E-state index contributed by atoms with van der Waals surface area (Å²) in [4.78, 5) is 5.30. The van der Waals surface area contributed by atoms with E-state index in [-0.39, 0.29) is 5.41 Å². The third kappa shape index (κ3) is 3.64. The van der Waals surface area contributed by atoms with Crippen molar-refractivity contribution >= 4 is 33.0 Å². The number of aromatic nitrogens is 2. The minimum atomic E-state index is -0.0664. The Morgan fingerprint density at radius 1 is 0.651 bits per heavy atom. The van der Waals surface area contributed by atoms with Gasteiger partial charge in [-0.3, -0.25) is 4.57 Å². The molecule has 0 bridgehead atoms. The van der Waals surface area contributed by atoms with Gasteiger partial charge in [0.1, 0.15) is 17.0 Å². The summed E-state index contributed by atoms with van der Waals surface area (Å²) in [5.41, 5.74) is 14.0. The van der Waals surface area contributed by atoms with Crippen LogP contribution in [-0.2, 0) is 5.41 Å². The van der Waals surface area contributed by atoms with E-state index in [9.17, 15) is 0 Å². The molecule has 5 aromatic carbocycles. The van der Waals surface area contributed by atoms with Crippen LogP contribution >= 0.6 is 0 Å². The molecule has 2 heterocycles. The molecule has 3 heteroatoms. The standard InChI is InChI=1S/C40H36N2O/c1-23(2)25-14-11-15-26(24(3)4)37(25)42-35-20-10-9-19-34(35)41-39(42)29-17-12-16-28-31-21-33-30(22-36(31)43-38(28)29)27-13-7-8-18-32(27)40(33,5)6/h7-24H,1-6H3. The van der Waals surface area contributed by atoms with Gasteiger partial charge in [-0.25, -0.2) is 4.98 Å². The van der Waals surface area contributed by atoms with Crippen LogP contribution in [-0.4, -0.2) is 9.55 Å². The van der Waals surface area contributed by atoms with E-state index in [2.05, 4.69) is 143 Å². The van der Waals surface area contributed by atoms with Crippen LogP contribution in [0.15, 0.2) is 101 Å². The van der Waals surface area contributed by atoms with E-state index >= 15 is 0 Å². The SMILES string of the molecule is CC(C)c1cccc(C(C)C)c1-n1c(-c2cccc3c2oc2cc4c(cc23)C(C)(C)c2ccccc2-4)nc2ccccc21. The first-order valence-corrected chi connectivity index (χ1v) is 15.5. The number of furan rings is 1. The normalized spacial score (nSPS) is 14.0. The first-order valence-electron chi connectivity index (χ1n) is 15.5. The van der Waals surface area contributed by atoms with Crippen LogP contribution in [0.4, 0.5) is 0 Å². The molecule has 0 N–H and O–H groups in total. The molecule has 0 saturated carbocycles. The summed E-state index contributed by atoms with van der Waals surface area (Å²) < 4.78 is 9.23. The third-order valence-electron chi connectivity index (χ3n) is 9.57. The molecular weight excluding hydrogens is 524 g/mol. The monoisotopic (exact) mass is 560 g/mol. The Labute approximate surface area is 252 Å². The molecule has 0 radical (unpaired) electrons. The molecule has 1 aliphatic carbocycles. The van der Waals surface area contributed by atoms with E-state index in [4.69, 9.17) is 9.40 Å². The zero-order chi connectivity index (χ0) is 29.6. The highest BCUT2D eigenvalue weighted by atomic mass is 16.3. The Hall–Kier alpha value is -4.63. The zero-order valence-corrected chi connectivity index (χ0v) is 25.7. The fourth-order valence-corrected chi connectivity index (χ4v) is 7.37. The lowest BCUT2D eigenvalue weighted by atomic mass is 9.82. The van der Waals surface area contributed by atoms with Crippen molar-refractivity contribution in [1.29, 1.82) is 0 Å². The number of fused-ring (bicyclic) bond motifs is 7. The summed E-state index contributed by atoms with van der Waals surface area (Å²) >= 11 is 0. The number of para-hydroxylation sites is 4. The van der Waals surface area contributed by atoms with Crippen molar-refractivity contribution in [1.82, 2.24) is 9.55 Å². The fraction of sp³-hybridized carbons (Fsp3) is 0.225. The molecule has 2 aromatic heterocycles. The molecule has 7 aromatic rings. The van der Waals surface area contributed by atoms with E-state index in [1.165, 1.54) is 39.1 Å². The van der Waals surface area contributed by atoms with Crippen molar-refractivity contribution in [2.75, 3.05) is 0 Å². The van der Waals surface area contributed by atoms with Crippen LogP contribution in [0.1, 0.15) is 75.6 Å². The smallest absolute Gasteiger partial charge is 0.149 e. The molecule has 212 valence electrons. The van der Waals surface area contributed by atoms with Crippen LogP contribution in [0.2, 0.25) is 0 Å². The summed E-state index contributed by atoms with van der Waals surface area (Å²) in [6, 6.07) is 35.2. The highest BCUT2D eigenvalue weighted by molar-refractivity contribution is 6.11. The van der Waals surface area contributed by atoms with Crippen LogP contribution in [0, 0.1) is 0 Å². The Kier molecular flexibility index (Phi) is 5.56. The summed E-state index contributed by atoms with van der Waals surface area (Å²) in [5, 5.41) is 2.28. The van der Waals surface area contributed by atoms with Gasteiger partial charge in [0.2, 0.25) is 0 Å². The maximum Gasteiger partial charge on any atom is 0.149 e. The maximum atomic E-state index is 6.84. The van der Waals surface area contributed by atoms with E-state index in [1.807, 2.05) is 0 Å². The first kappa shape index (κ1) is 26.0. The second-order valence-corrected chi connectivity index (χ2v) is 13.2. The molecule has 3 nitrogen and oxygen atoms in total. The van der Waals surface area contributed by atoms with Gasteiger partial charge in [0.25, 0.3) is 0 Å². The van der Waals surface area contributed by atoms with Crippen molar-refractivity contribution in [3.05, 3.63) is 119 Å². The summed E-state index contributed by atoms with van der Waals surface area (Å²) in [7, 11) is 0. The minimum Gasteiger partial charge on any atom is -0.455 e. The molecule has 0 atom stereocenters. The van der Waals surface area contributed by atoms with Gasteiger partial charge in [0.15, 0.2) is 0 Å². The number of imidazole rings is 1. The van der Waals surface area contributed by atoms with Crippen molar-refractivity contribution in [2.24, 2.45) is 0 Å². The number of benzene rings is 5. The molecule has 0 saturated heterocycles. The van der Waals surface area contributed by atoms with Crippen LogP contribution in [0.25, 0.3) is 61.2 Å². The van der Waals surface area contributed by atoms with Crippen LogP contribution < -0.4 is 0 Å². The van der Waals surface area contributed by atoms with Gasteiger partial charge < -0.3 is 4.42 Å². The largest absolute Gasteiger partial charge is 0.455 e. The van der Waals surface area contributed by atoms with Crippen molar-refractivity contribution in [3.63, 3.8) is 0 Å². The molecule has 0 unspecified atom stereocenters. The quantitative estimate of drug-likeness (QED) is 0.214. The molecule has 0 aliphatic heterocycles. The van der Waals surface area contributed by atoms with Crippen molar-refractivity contribution in [3.8, 4) is 28.2 Å². The molecule has 1 aliphatic rings. The minimum absolute atomic E-state index is 0.0664. The second-order valence-electron chi connectivity index (χ2n) is 13.2. The highest BCUT2D eigenvalue weighted by Crippen LogP contribution is 2.51. The molecule has 8 rings (SSSR count). The highest BCUT2D eigenvalue weighted by Gasteiger charge is 2.36. The second kappa shape index (κ2) is 9.18. The number of rotatable bonds is 4. The number of hydrogen-bond acceptors (Lipinski definition) is 2. The fourth-order valence-electron chi connectivity index (χ4n) is 7.37. The van der Waals surface area contributed by atoms with Gasteiger partial charge in [0, 0.05) is 16.2 Å². The molecular formula is C40H36N2O. The number of hydrogen-bond donors (Lipinski definition) is 0. The Bertz CT molecular complexity index is 2200. The molecule has 0 fully saturated rings. The summed E-state index contributed by atoms with van der Waals surface area (Å²) in [6.07, 6.45) is 0. The Morgan fingerprint density at radius 2 is 1.33 bits per heavy atom. The van der Waals surface area contributed by atoms with Gasteiger partial charge in [-0.15, -0.1) is 0 Å². The van der Waals surface area contributed by atoms with Gasteiger partial charge in [-0.05, 0) is 75.5 Å². The van der Waals surface area contributed by atoms with Gasteiger partial charge in [0.05, 0.1) is 22.3 Å². The molecule has 0 amide bonds. The van der Waals surface area contributed by atoms with Crippen molar-refractivity contribution in [2.45, 2.75) is 58.8 Å².